The Morgan fingerprint density at radius 2 is 1.95 bits per heavy atom. The Morgan fingerprint density at radius 3 is 2.81 bits per heavy atom. The Morgan fingerprint density at radius 1 is 1.10 bits per heavy atom. The highest BCUT2D eigenvalue weighted by Crippen LogP contribution is 2.16. The molecule has 0 unspecified atom stereocenters. The average Bonchev–Trinajstić information content (AvgIpc) is 2.92. The Hall–Kier alpha value is -2.13. The van der Waals surface area contributed by atoms with E-state index in [9.17, 15) is 4.79 Å². The lowest BCUT2D eigenvalue weighted by Gasteiger charge is -2.07. The molecule has 0 aromatic heterocycles. The zero-order valence-electron chi connectivity index (χ0n) is 12.3. The van der Waals surface area contributed by atoms with Gasteiger partial charge in [-0.25, -0.2) is 0 Å². The fourth-order valence-electron chi connectivity index (χ4n) is 2.73. The van der Waals surface area contributed by atoms with Crippen molar-refractivity contribution in [3.63, 3.8) is 0 Å². The van der Waals surface area contributed by atoms with Gasteiger partial charge in [0.25, 0.3) is 0 Å². The molecular formula is C18H20N2O. The lowest BCUT2D eigenvalue weighted by atomic mass is 10.1. The van der Waals surface area contributed by atoms with Crippen LogP contribution in [0.25, 0.3) is 0 Å². The van der Waals surface area contributed by atoms with E-state index in [1.807, 2.05) is 25.1 Å². The summed E-state index contributed by atoms with van der Waals surface area (Å²) in [7, 11) is 0. The van der Waals surface area contributed by atoms with E-state index < -0.39 is 0 Å². The molecule has 3 nitrogen and oxygen atoms in total. The normalized spacial score (nSPS) is 13.0. The number of hydrogen-bond donors (Lipinski definition) is 2. The first-order valence-electron chi connectivity index (χ1n) is 7.34. The molecule has 1 aliphatic heterocycles. The van der Waals surface area contributed by atoms with Gasteiger partial charge in [-0.05, 0) is 29.2 Å². The van der Waals surface area contributed by atoms with Crippen LogP contribution in [0.5, 0.6) is 0 Å². The van der Waals surface area contributed by atoms with Crippen LogP contribution < -0.4 is 10.6 Å². The zero-order valence-corrected chi connectivity index (χ0v) is 12.3. The Bertz CT molecular complexity index is 664. The smallest absolute Gasteiger partial charge is 0.224 e. The average molecular weight is 280 g/mol. The van der Waals surface area contributed by atoms with Gasteiger partial charge in [0.2, 0.25) is 5.91 Å². The van der Waals surface area contributed by atoms with E-state index in [4.69, 9.17) is 0 Å². The van der Waals surface area contributed by atoms with E-state index in [0.717, 1.165) is 24.2 Å². The molecule has 0 atom stereocenters. The predicted molar refractivity (Wildman–Crippen MR) is 83.7 cm³/mol. The lowest BCUT2D eigenvalue weighted by molar-refractivity contribution is -0.120. The fourth-order valence-corrected chi connectivity index (χ4v) is 2.73. The summed E-state index contributed by atoms with van der Waals surface area (Å²) < 4.78 is 0. The molecule has 108 valence electrons. The summed E-state index contributed by atoms with van der Waals surface area (Å²) in [5.41, 5.74) is 6.12. The minimum absolute atomic E-state index is 0.0687. The highest BCUT2D eigenvalue weighted by Gasteiger charge is 2.10. The lowest BCUT2D eigenvalue weighted by Crippen LogP contribution is -2.24. The molecule has 1 aliphatic rings. The van der Waals surface area contributed by atoms with Gasteiger partial charge in [0, 0.05) is 19.6 Å². The summed E-state index contributed by atoms with van der Waals surface area (Å²) in [4.78, 5) is 12.0. The quantitative estimate of drug-likeness (QED) is 0.903. The highest BCUT2D eigenvalue weighted by molar-refractivity contribution is 5.78. The molecule has 3 rings (SSSR count). The van der Waals surface area contributed by atoms with E-state index in [1.54, 1.807) is 0 Å². The molecule has 3 heteroatoms. The van der Waals surface area contributed by atoms with Gasteiger partial charge in [0.15, 0.2) is 0 Å². The molecule has 0 aliphatic carbocycles. The summed E-state index contributed by atoms with van der Waals surface area (Å²) in [5, 5.41) is 6.33. The first-order valence-corrected chi connectivity index (χ1v) is 7.34. The van der Waals surface area contributed by atoms with Gasteiger partial charge in [-0.3, -0.25) is 4.79 Å². The molecule has 2 N–H and O–H groups in total. The number of fused-ring (bicyclic) bond motifs is 1. The molecule has 0 bridgehead atoms. The van der Waals surface area contributed by atoms with Crippen molar-refractivity contribution in [3.05, 3.63) is 70.3 Å². The molecule has 1 amide bonds. The van der Waals surface area contributed by atoms with Crippen LogP contribution in [0.4, 0.5) is 0 Å². The van der Waals surface area contributed by atoms with Gasteiger partial charge in [-0.15, -0.1) is 0 Å². The number of carbonyl (C=O) groups is 1. The largest absolute Gasteiger partial charge is 0.352 e. The van der Waals surface area contributed by atoms with Crippen LogP contribution >= 0.6 is 0 Å². The number of hydrogen-bond acceptors (Lipinski definition) is 2. The summed E-state index contributed by atoms with van der Waals surface area (Å²) in [6.07, 6.45) is 0.439. The Kier molecular flexibility index (Phi) is 4.02. The van der Waals surface area contributed by atoms with Crippen LogP contribution in [0.1, 0.15) is 27.8 Å². The van der Waals surface area contributed by atoms with Crippen LogP contribution in [-0.4, -0.2) is 5.91 Å². The highest BCUT2D eigenvalue weighted by atomic mass is 16.1. The van der Waals surface area contributed by atoms with Gasteiger partial charge >= 0.3 is 0 Å². The van der Waals surface area contributed by atoms with Crippen molar-refractivity contribution in [2.75, 3.05) is 0 Å². The number of nitrogens with one attached hydrogen (secondary N) is 2. The van der Waals surface area contributed by atoms with E-state index in [0.29, 0.717) is 13.0 Å². The van der Waals surface area contributed by atoms with Crippen LogP contribution in [0, 0.1) is 6.92 Å². The van der Waals surface area contributed by atoms with Crippen molar-refractivity contribution in [1.82, 2.24) is 10.6 Å². The zero-order chi connectivity index (χ0) is 14.7. The Labute approximate surface area is 125 Å². The van der Waals surface area contributed by atoms with E-state index >= 15 is 0 Å². The molecular weight excluding hydrogens is 260 g/mol. The topological polar surface area (TPSA) is 41.1 Å². The minimum Gasteiger partial charge on any atom is -0.352 e. The monoisotopic (exact) mass is 280 g/mol. The second-order valence-corrected chi connectivity index (χ2v) is 5.65. The molecule has 0 saturated carbocycles. The molecule has 0 fully saturated rings. The van der Waals surface area contributed by atoms with Crippen molar-refractivity contribution in [2.45, 2.75) is 33.0 Å². The molecule has 1 heterocycles. The van der Waals surface area contributed by atoms with Crippen molar-refractivity contribution >= 4 is 5.91 Å². The van der Waals surface area contributed by atoms with Crippen molar-refractivity contribution in [3.8, 4) is 0 Å². The van der Waals surface area contributed by atoms with Crippen molar-refractivity contribution in [1.29, 1.82) is 0 Å². The van der Waals surface area contributed by atoms with Crippen LogP contribution in [0.15, 0.2) is 42.5 Å². The van der Waals surface area contributed by atoms with Crippen LogP contribution in [0.2, 0.25) is 0 Å². The third kappa shape index (κ3) is 3.50. The third-order valence-corrected chi connectivity index (χ3v) is 3.84. The van der Waals surface area contributed by atoms with Crippen LogP contribution in [0.3, 0.4) is 0 Å². The molecule has 0 radical (unpaired) electrons. The van der Waals surface area contributed by atoms with Crippen LogP contribution in [-0.2, 0) is 30.8 Å². The van der Waals surface area contributed by atoms with Gasteiger partial charge in [-0.2, -0.15) is 0 Å². The molecule has 0 saturated heterocycles. The van der Waals surface area contributed by atoms with Gasteiger partial charge in [-0.1, -0.05) is 48.0 Å². The fraction of sp³-hybridized carbons (Fsp3) is 0.278. The summed E-state index contributed by atoms with van der Waals surface area (Å²) >= 11 is 0. The first kappa shape index (κ1) is 13.8. The van der Waals surface area contributed by atoms with E-state index in [-0.39, 0.29) is 5.91 Å². The Balaban J connectivity index is 1.56. The first-order chi connectivity index (χ1) is 10.2. The minimum atomic E-state index is 0.0687. The number of rotatable bonds is 4. The summed E-state index contributed by atoms with van der Waals surface area (Å²) in [5.74, 6) is 0.0687. The predicted octanol–water partition coefficient (Wildman–Crippen LogP) is 2.46. The molecule has 2 aromatic rings. The van der Waals surface area contributed by atoms with Crippen molar-refractivity contribution < 1.29 is 4.79 Å². The van der Waals surface area contributed by atoms with E-state index in [1.165, 1.54) is 16.7 Å². The van der Waals surface area contributed by atoms with E-state index in [2.05, 4.69) is 34.9 Å². The van der Waals surface area contributed by atoms with Gasteiger partial charge in [0.1, 0.15) is 0 Å². The van der Waals surface area contributed by atoms with Gasteiger partial charge < -0.3 is 10.6 Å². The molecule has 2 aromatic carbocycles. The maximum atomic E-state index is 12.0. The molecule has 0 spiro atoms. The SMILES string of the molecule is Cc1cccc(CC(=O)NCc2ccc3c(c2)CNC3)c1. The summed E-state index contributed by atoms with van der Waals surface area (Å²) in [6.45, 7) is 4.52. The maximum absolute atomic E-state index is 12.0. The third-order valence-electron chi connectivity index (χ3n) is 3.84. The second kappa shape index (κ2) is 6.10. The van der Waals surface area contributed by atoms with Gasteiger partial charge in [0.05, 0.1) is 6.42 Å². The van der Waals surface area contributed by atoms with Crippen molar-refractivity contribution in [2.24, 2.45) is 0 Å². The maximum Gasteiger partial charge on any atom is 0.224 e. The second-order valence-electron chi connectivity index (χ2n) is 5.65. The molecule has 21 heavy (non-hydrogen) atoms. The number of aryl methyl sites for hydroxylation is 1. The standard InChI is InChI=1S/C18H20N2O/c1-13-3-2-4-14(7-13)9-18(21)20-10-15-5-6-16-11-19-12-17(16)8-15/h2-8,19H,9-12H2,1H3,(H,20,21). The number of amides is 1. The number of carbonyl (C=O) groups excluding carboxylic acids is 1. The summed E-state index contributed by atoms with van der Waals surface area (Å²) in [6, 6.07) is 14.5. The number of benzene rings is 2.